The summed E-state index contributed by atoms with van der Waals surface area (Å²) in [4.78, 5) is 14.2. The van der Waals surface area contributed by atoms with Crippen LogP contribution in [0.3, 0.4) is 0 Å². The number of methoxy groups -OCH3 is 1. The van der Waals surface area contributed by atoms with Gasteiger partial charge in [-0.05, 0) is 37.0 Å². The lowest BCUT2D eigenvalue weighted by atomic mass is 9.98. The van der Waals surface area contributed by atoms with Crippen LogP contribution in [-0.4, -0.2) is 24.5 Å². The Kier molecular flexibility index (Phi) is 5.21. The molecule has 1 aliphatic rings. The summed E-state index contributed by atoms with van der Waals surface area (Å²) in [6.45, 7) is 3.50. The average Bonchev–Trinajstić information content (AvgIpc) is 2.69. The van der Waals surface area contributed by atoms with E-state index in [0.29, 0.717) is 24.4 Å². The predicted molar refractivity (Wildman–Crippen MR) is 80.8 cm³/mol. The number of nitriles is 1. The molecule has 1 amide bonds. The molecule has 21 heavy (non-hydrogen) atoms. The van der Waals surface area contributed by atoms with E-state index in [4.69, 9.17) is 10.00 Å². The van der Waals surface area contributed by atoms with E-state index in [9.17, 15) is 4.79 Å². The molecule has 1 atom stereocenters. The van der Waals surface area contributed by atoms with Crippen molar-refractivity contribution in [1.82, 2.24) is 4.90 Å². The van der Waals surface area contributed by atoms with Crippen molar-refractivity contribution < 1.29 is 9.53 Å². The maximum Gasteiger partial charge on any atom is 0.222 e. The molecule has 0 spiro atoms. The van der Waals surface area contributed by atoms with Crippen LogP contribution >= 0.6 is 0 Å². The number of benzene rings is 1. The first kappa shape index (κ1) is 15.4. The number of likely N-dealkylation sites (tertiary alicyclic amines) is 1. The largest absolute Gasteiger partial charge is 0.496 e. The molecule has 1 unspecified atom stereocenters. The fourth-order valence-electron chi connectivity index (χ4n) is 2.85. The number of carbonyl (C=O) groups is 1. The van der Waals surface area contributed by atoms with Crippen molar-refractivity contribution in [3.63, 3.8) is 0 Å². The quantitative estimate of drug-likeness (QED) is 0.854. The van der Waals surface area contributed by atoms with E-state index in [-0.39, 0.29) is 5.91 Å². The number of carbonyl (C=O) groups excluding carboxylic acids is 1. The van der Waals surface area contributed by atoms with Gasteiger partial charge < -0.3 is 9.64 Å². The zero-order valence-electron chi connectivity index (χ0n) is 12.8. The number of nitrogens with zero attached hydrogens (tertiary/aromatic N) is 2. The van der Waals surface area contributed by atoms with E-state index in [1.807, 2.05) is 11.0 Å². The third-order valence-corrected chi connectivity index (χ3v) is 4.27. The van der Waals surface area contributed by atoms with Gasteiger partial charge in [-0.25, -0.2) is 0 Å². The molecular weight excluding hydrogens is 264 g/mol. The van der Waals surface area contributed by atoms with Gasteiger partial charge in [-0.2, -0.15) is 5.26 Å². The monoisotopic (exact) mass is 286 g/mol. The maximum atomic E-state index is 12.3. The summed E-state index contributed by atoms with van der Waals surface area (Å²) < 4.78 is 5.35. The van der Waals surface area contributed by atoms with Crippen LogP contribution in [0.15, 0.2) is 18.2 Å². The Balaban J connectivity index is 2.16. The minimum Gasteiger partial charge on any atom is -0.496 e. The Labute approximate surface area is 126 Å². The Morgan fingerprint density at radius 1 is 1.43 bits per heavy atom. The molecule has 1 aromatic carbocycles. The van der Waals surface area contributed by atoms with Crippen molar-refractivity contribution in [2.75, 3.05) is 13.7 Å². The number of rotatable bonds is 4. The second-order valence-electron chi connectivity index (χ2n) is 5.56. The first-order valence-electron chi connectivity index (χ1n) is 7.52. The molecule has 1 heterocycles. The molecule has 1 fully saturated rings. The summed E-state index contributed by atoms with van der Waals surface area (Å²) in [5.41, 5.74) is 1.50. The Hall–Kier alpha value is -2.02. The van der Waals surface area contributed by atoms with Gasteiger partial charge in [-0.3, -0.25) is 4.79 Å². The van der Waals surface area contributed by atoms with E-state index in [1.165, 1.54) is 0 Å². The Bertz CT molecular complexity index is 548. The van der Waals surface area contributed by atoms with Gasteiger partial charge >= 0.3 is 0 Å². The van der Waals surface area contributed by atoms with Crippen molar-refractivity contribution in [1.29, 1.82) is 5.26 Å². The maximum absolute atomic E-state index is 12.3. The number of hydrogen-bond acceptors (Lipinski definition) is 3. The van der Waals surface area contributed by atoms with Gasteiger partial charge in [0.25, 0.3) is 0 Å². The number of hydrogen-bond donors (Lipinski definition) is 0. The fourth-order valence-corrected chi connectivity index (χ4v) is 2.85. The van der Waals surface area contributed by atoms with Crippen LogP contribution in [0.1, 0.15) is 43.7 Å². The first-order chi connectivity index (χ1) is 10.2. The van der Waals surface area contributed by atoms with Crippen molar-refractivity contribution in [3.05, 3.63) is 29.3 Å². The van der Waals surface area contributed by atoms with Crippen molar-refractivity contribution in [3.8, 4) is 11.8 Å². The highest BCUT2D eigenvalue weighted by Gasteiger charge is 2.22. The molecule has 1 aliphatic heterocycles. The van der Waals surface area contributed by atoms with Gasteiger partial charge in [0, 0.05) is 25.1 Å². The molecule has 0 radical (unpaired) electrons. The predicted octanol–water partition coefficient (Wildman–Crippen LogP) is 3.11. The third-order valence-electron chi connectivity index (χ3n) is 4.27. The Morgan fingerprint density at radius 3 is 2.90 bits per heavy atom. The molecule has 0 aromatic heterocycles. The molecule has 112 valence electrons. The van der Waals surface area contributed by atoms with Crippen LogP contribution in [0, 0.1) is 17.2 Å². The minimum atomic E-state index is 0.204. The van der Waals surface area contributed by atoms with Crippen LogP contribution < -0.4 is 4.74 Å². The first-order valence-corrected chi connectivity index (χ1v) is 7.52. The molecule has 1 saturated heterocycles. The van der Waals surface area contributed by atoms with Crippen molar-refractivity contribution >= 4 is 5.91 Å². The van der Waals surface area contributed by atoms with Gasteiger partial charge in [-0.1, -0.05) is 13.3 Å². The molecule has 0 N–H and O–H groups in total. The van der Waals surface area contributed by atoms with Crippen LogP contribution in [0.25, 0.3) is 0 Å². The molecular formula is C17H22N2O2. The summed E-state index contributed by atoms with van der Waals surface area (Å²) >= 11 is 0. The normalized spacial score (nSPS) is 19.0. The third kappa shape index (κ3) is 3.75. The minimum absolute atomic E-state index is 0.204. The summed E-state index contributed by atoms with van der Waals surface area (Å²) in [5, 5.41) is 9.02. The average molecular weight is 286 g/mol. The summed E-state index contributed by atoms with van der Waals surface area (Å²) in [6.07, 6.45) is 3.80. The highest BCUT2D eigenvalue weighted by molar-refractivity contribution is 5.76. The lowest BCUT2D eigenvalue weighted by molar-refractivity contribution is -0.131. The highest BCUT2D eigenvalue weighted by atomic mass is 16.5. The molecule has 1 aromatic rings. The fraction of sp³-hybridized carbons (Fsp3) is 0.529. The smallest absolute Gasteiger partial charge is 0.222 e. The second kappa shape index (κ2) is 7.12. The molecule has 4 nitrogen and oxygen atoms in total. The SMILES string of the molecule is CCC1CCC(=O)N(Cc2cc(C#N)ccc2OC)CC1. The van der Waals surface area contributed by atoms with Gasteiger partial charge in [0.2, 0.25) is 5.91 Å². The van der Waals surface area contributed by atoms with Crippen molar-refractivity contribution in [2.24, 2.45) is 5.92 Å². The molecule has 0 saturated carbocycles. The van der Waals surface area contributed by atoms with Gasteiger partial charge in [0.15, 0.2) is 0 Å². The van der Waals surface area contributed by atoms with E-state index < -0.39 is 0 Å². The molecule has 0 aliphatic carbocycles. The number of amides is 1. The highest BCUT2D eigenvalue weighted by Crippen LogP contribution is 2.25. The van der Waals surface area contributed by atoms with Gasteiger partial charge in [0.1, 0.15) is 5.75 Å². The van der Waals surface area contributed by atoms with E-state index in [1.54, 1.807) is 19.2 Å². The van der Waals surface area contributed by atoms with Crippen molar-refractivity contribution in [2.45, 2.75) is 39.2 Å². The zero-order valence-corrected chi connectivity index (χ0v) is 12.8. The second-order valence-corrected chi connectivity index (χ2v) is 5.56. The lowest BCUT2D eigenvalue weighted by Gasteiger charge is -2.22. The van der Waals surface area contributed by atoms with E-state index in [0.717, 1.165) is 37.1 Å². The summed E-state index contributed by atoms with van der Waals surface area (Å²) in [7, 11) is 1.61. The zero-order chi connectivity index (χ0) is 15.2. The van der Waals surface area contributed by atoms with Gasteiger partial charge in [-0.15, -0.1) is 0 Å². The summed E-state index contributed by atoms with van der Waals surface area (Å²) in [6, 6.07) is 7.48. The van der Waals surface area contributed by atoms with Gasteiger partial charge in [0.05, 0.1) is 18.7 Å². The summed E-state index contributed by atoms with van der Waals surface area (Å²) in [5.74, 6) is 1.58. The molecule has 4 heteroatoms. The van der Waals surface area contributed by atoms with Crippen LogP contribution in [0.2, 0.25) is 0 Å². The number of ether oxygens (including phenoxy) is 1. The van der Waals surface area contributed by atoms with E-state index in [2.05, 4.69) is 13.0 Å². The lowest BCUT2D eigenvalue weighted by Crippen LogP contribution is -2.30. The molecule has 0 bridgehead atoms. The topological polar surface area (TPSA) is 53.3 Å². The van der Waals surface area contributed by atoms with E-state index >= 15 is 0 Å². The van der Waals surface area contributed by atoms with Crippen LogP contribution in [0.4, 0.5) is 0 Å². The van der Waals surface area contributed by atoms with Crippen LogP contribution in [0.5, 0.6) is 5.75 Å². The van der Waals surface area contributed by atoms with Crippen LogP contribution in [-0.2, 0) is 11.3 Å². The standard InChI is InChI=1S/C17H22N2O2/c1-3-13-5-7-17(20)19(9-8-13)12-15-10-14(11-18)4-6-16(15)21-2/h4,6,10,13H,3,5,7-9,12H2,1-2H3. The Morgan fingerprint density at radius 2 is 2.24 bits per heavy atom. The molecule has 2 rings (SSSR count).